The van der Waals surface area contributed by atoms with Crippen LogP contribution < -0.4 is 14.8 Å². The third-order valence-corrected chi connectivity index (χ3v) is 3.87. The lowest BCUT2D eigenvalue weighted by molar-refractivity contribution is -0.111. The lowest BCUT2D eigenvalue weighted by Gasteiger charge is -2.10. The van der Waals surface area contributed by atoms with Gasteiger partial charge in [-0.15, -0.1) is 0 Å². The van der Waals surface area contributed by atoms with Crippen molar-refractivity contribution in [3.05, 3.63) is 59.4 Å². The fourth-order valence-corrected chi connectivity index (χ4v) is 2.77. The molecule has 4 nitrogen and oxygen atoms in total. The van der Waals surface area contributed by atoms with Gasteiger partial charge in [0.1, 0.15) is 23.4 Å². The average Bonchev–Trinajstić information content (AvgIpc) is 2.94. The van der Waals surface area contributed by atoms with Crippen molar-refractivity contribution < 1.29 is 18.7 Å². The number of ether oxygens (including phenoxy) is 2. The molecule has 1 aliphatic heterocycles. The van der Waals surface area contributed by atoms with Gasteiger partial charge in [0.2, 0.25) is 5.91 Å². The maximum Gasteiger partial charge on any atom is 0.248 e. The first-order valence-corrected chi connectivity index (χ1v) is 8.26. The molecule has 1 atom stereocenters. The van der Waals surface area contributed by atoms with E-state index in [1.165, 1.54) is 18.2 Å². The van der Waals surface area contributed by atoms with E-state index in [2.05, 4.69) is 5.32 Å². The molecule has 2 aromatic rings. The number of amides is 1. The van der Waals surface area contributed by atoms with Crippen LogP contribution in [0.15, 0.2) is 42.5 Å². The Kier molecular flexibility index (Phi) is 5.03. The molecule has 0 aromatic heterocycles. The summed E-state index contributed by atoms with van der Waals surface area (Å²) in [5, 5.41) is 2.52. The molecule has 0 saturated carbocycles. The Bertz CT molecular complexity index is 817. The summed E-state index contributed by atoms with van der Waals surface area (Å²) in [5.74, 6) is 0.625. The topological polar surface area (TPSA) is 47.6 Å². The van der Waals surface area contributed by atoms with Gasteiger partial charge in [0.15, 0.2) is 0 Å². The fourth-order valence-electron chi connectivity index (χ4n) is 2.77. The zero-order valence-electron chi connectivity index (χ0n) is 14.2. The number of fused-ring (bicyclic) bond motifs is 1. The van der Waals surface area contributed by atoms with Crippen LogP contribution in [0.1, 0.15) is 25.0 Å². The first-order chi connectivity index (χ1) is 12.1. The van der Waals surface area contributed by atoms with Crippen LogP contribution in [0, 0.1) is 5.82 Å². The summed E-state index contributed by atoms with van der Waals surface area (Å²) in [4.78, 5) is 12.1. The monoisotopic (exact) mass is 341 g/mol. The highest BCUT2D eigenvalue weighted by molar-refractivity contribution is 6.02. The molecule has 0 bridgehead atoms. The van der Waals surface area contributed by atoms with Gasteiger partial charge in [0, 0.05) is 23.6 Å². The first-order valence-electron chi connectivity index (χ1n) is 8.26. The van der Waals surface area contributed by atoms with Crippen molar-refractivity contribution in [1.29, 1.82) is 0 Å². The van der Waals surface area contributed by atoms with Crippen molar-refractivity contribution >= 4 is 17.7 Å². The van der Waals surface area contributed by atoms with Gasteiger partial charge in [0.25, 0.3) is 0 Å². The van der Waals surface area contributed by atoms with Gasteiger partial charge < -0.3 is 14.8 Å². The van der Waals surface area contributed by atoms with E-state index >= 15 is 0 Å². The van der Waals surface area contributed by atoms with Crippen molar-refractivity contribution in [3.8, 4) is 11.5 Å². The Balaban J connectivity index is 1.79. The molecule has 2 aromatic carbocycles. The molecule has 0 radical (unpaired) electrons. The zero-order valence-corrected chi connectivity index (χ0v) is 14.2. The molecule has 0 spiro atoms. The van der Waals surface area contributed by atoms with E-state index in [1.54, 1.807) is 18.2 Å². The Morgan fingerprint density at radius 3 is 2.96 bits per heavy atom. The number of nitrogens with one attached hydrogen (secondary N) is 1. The molecule has 25 heavy (non-hydrogen) atoms. The smallest absolute Gasteiger partial charge is 0.248 e. The Morgan fingerprint density at radius 2 is 2.20 bits per heavy atom. The minimum Gasteiger partial charge on any atom is -0.493 e. The second-order valence-electron chi connectivity index (χ2n) is 5.87. The quantitative estimate of drug-likeness (QED) is 0.829. The van der Waals surface area contributed by atoms with E-state index < -0.39 is 11.7 Å². The van der Waals surface area contributed by atoms with E-state index in [0.717, 1.165) is 23.3 Å². The van der Waals surface area contributed by atoms with Crippen LogP contribution in [-0.2, 0) is 11.2 Å². The normalized spacial score (nSPS) is 15.7. The molecule has 1 N–H and O–H groups in total. The van der Waals surface area contributed by atoms with Crippen LogP contribution in [0.3, 0.4) is 0 Å². The molecule has 0 saturated heterocycles. The maximum atomic E-state index is 13.6. The van der Waals surface area contributed by atoms with E-state index in [-0.39, 0.29) is 11.8 Å². The summed E-state index contributed by atoms with van der Waals surface area (Å²) in [6.45, 7) is 4.44. The largest absolute Gasteiger partial charge is 0.493 e. The number of anilines is 1. The van der Waals surface area contributed by atoms with Crippen LogP contribution in [0.25, 0.3) is 6.08 Å². The number of hydrogen-bond donors (Lipinski definition) is 1. The van der Waals surface area contributed by atoms with Crippen molar-refractivity contribution in [2.24, 2.45) is 0 Å². The van der Waals surface area contributed by atoms with Gasteiger partial charge in [-0.25, -0.2) is 4.39 Å². The van der Waals surface area contributed by atoms with Gasteiger partial charge >= 0.3 is 0 Å². The highest BCUT2D eigenvalue weighted by Gasteiger charge is 2.21. The van der Waals surface area contributed by atoms with Crippen molar-refractivity contribution in [3.63, 3.8) is 0 Å². The molecular weight excluding hydrogens is 321 g/mol. The second kappa shape index (κ2) is 7.38. The predicted molar refractivity (Wildman–Crippen MR) is 95.5 cm³/mol. The van der Waals surface area contributed by atoms with Crippen molar-refractivity contribution in [2.75, 3.05) is 11.9 Å². The minimum atomic E-state index is -0.473. The van der Waals surface area contributed by atoms with Gasteiger partial charge in [0.05, 0.1) is 12.3 Å². The minimum absolute atomic E-state index is 0.132. The first kappa shape index (κ1) is 17.0. The van der Waals surface area contributed by atoms with Gasteiger partial charge in [-0.3, -0.25) is 4.79 Å². The van der Waals surface area contributed by atoms with Crippen LogP contribution in [0.4, 0.5) is 10.1 Å². The number of rotatable bonds is 5. The summed E-state index contributed by atoms with van der Waals surface area (Å²) in [6.07, 6.45) is 3.98. The van der Waals surface area contributed by atoms with Crippen molar-refractivity contribution in [1.82, 2.24) is 0 Å². The molecule has 0 aliphatic carbocycles. The van der Waals surface area contributed by atoms with E-state index in [1.807, 2.05) is 26.0 Å². The van der Waals surface area contributed by atoms with Gasteiger partial charge in [-0.05, 0) is 44.2 Å². The van der Waals surface area contributed by atoms with E-state index in [9.17, 15) is 9.18 Å². The van der Waals surface area contributed by atoms with Gasteiger partial charge in [-0.1, -0.05) is 12.1 Å². The van der Waals surface area contributed by atoms with Crippen LogP contribution in [0.2, 0.25) is 0 Å². The van der Waals surface area contributed by atoms with E-state index in [4.69, 9.17) is 9.47 Å². The molecule has 0 unspecified atom stereocenters. The molecule has 1 heterocycles. The maximum absolute atomic E-state index is 13.6. The second-order valence-corrected chi connectivity index (χ2v) is 5.87. The number of benzene rings is 2. The number of carbonyl (C=O) groups is 1. The number of halogens is 1. The molecule has 130 valence electrons. The average molecular weight is 341 g/mol. The van der Waals surface area contributed by atoms with Crippen LogP contribution >= 0.6 is 0 Å². The Hall–Kier alpha value is -2.82. The van der Waals surface area contributed by atoms with Gasteiger partial charge in [-0.2, -0.15) is 0 Å². The number of hydrogen-bond acceptors (Lipinski definition) is 3. The summed E-state index contributed by atoms with van der Waals surface area (Å²) in [7, 11) is 0. The van der Waals surface area contributed by atoms with Crippen LogP contribution in [-0.4, -0.2) is 18.6 Å². The van der Waals surface area contributed by atoms with Crippen LogP contribution in [0.5, 0.6) is 11.5 Å². The fraction of sp³-hybridized carbons (Fsp3) is 0.250. The molecule has 0 fully saturated rings. The standard InChI is InChI=1S/C20H20FNO3/c1-3-24-18-12-15-10-13(2)25-19(15)11-14(18)8-9-20(23)22-17-7-5-4-6-16(17)21/h4-9,11-13H,3,10H2,1-2H3,(H,22,23)/b9-8+/t13-/m0/s1. The van der Waals surface area contributed by atoms with Crippen molar-refractivity contribution in [2.45, 2.75) is 26.4 Å². The van der Waals surface area contributed by atoms with E-state index in [0.29, 0.717) is 12.4 Å². The summed E-state index contributed by atoms with van der Waals surface area (Å²) >= 11 is 0. The lowest BCUT2D eigenvalue weighted by Crippen LogP contribution is -2.09. The Morgan fingerprint density at radius 1 is 1.40 bits per heavy atom. The summed E-state index contributed by atoms with van der Waals surface area (Å²) in [6, 6.07) is 9.87. The molecule has 1 amide bonds. The molecule has 5 heteroatoms. The molecule has 1 aliphatic rings. The lowest BCUT2D eigenvalue weighted by atomic mass is 10.1. The Labute approximate surface area is 146 Å². The SMILES string of the molecule is CCOc1cc2c(cc1/C=C/C(=O)Nc1ccccc1F)O[C@@H](C)C2. The summed E-state index contributed by atoms with van der Waals surface area (Å²) in [5.41, 5.74) is 2.00. The number of carbonyl (C=O) groups excluding carboxylic acids is 1. The third kappa shape index (κ3) is 3.99. The highest BCUT2D eigenvalue weighted by atomic mass is 19.1. The third-order valence-electron chi connectivity index (χ3n) is 3.87. The summed E-state index contributed by atoms with van der Waals surface area (Å²) < 4.78 is 25.0. The zero-order chi connectivity index (χ0) is 17.8. The molecular formula is C20H20FNO3. The predicted octanol–water partition coefficient (Wildman–Crippen LogP) is 4.20. The number of para-hydroxylation sites is 1. The highest BCUT2D eigenvalue weighted by Crippen LogP contribution is 2.35. The molecule has 3 rings (SSSR count).